The molecule has 0 spiro atoms. The molecule has 0 heterocycles. The standard InChI is InChI=1S/C20H32N4OS/c1-4-21-20(23-17-10-11-18(14-17)26-3)22-13-12-19(25)24(2)15-16-8-6-5-7-9-16/h5-9,17-18H,4,10-15H2,1-3H3,(H2,21,22,23). The van der Waals surface area contributed by atoms with E-state index in [9.17, 15) is 4.79 Å². The van der Waals surface area contributed by atoms with Gasteiger partial charge in [-0.2, -0.15) is 11.8 Å². The van der Waals surface area contributed by atoms with Gasteiger partial charge in [0.15, 0.2) is 5.96 Å². The predicted molar refractivity (Wildman–Crippen MR) is 112 cm³/mol. The number of rotatable bonds is 8. The number of nitrogens with one attached hydrogen (secondary N) is 2. The summed E-state index contributed by atoms with van der Waals surface area (Å²) >= 11 is 1.95. The summed E-state index contributed by atoms with van der Waals surface area (Å²) in [6.45, 7) is 4.04. The summed E-state index contributed by atoms with van der Waals surface area (Å²) in [7, 11) is 1.85. The van der Waals surface area contributed by atoms with Gasteiger partial charge in [-0.25, -0.2) is 0 Å². The van der Waals surface area contributed by atoms with Gasteiger partial charge in [-0.15, -0.1) is 0 Å². The fourth-order valence-electron chi connectivity index (χ4n) is 3.20. The van der Waals surface area contributed by atoms with Gasteiger partial charge in [0.2, 0.25) is 5.91 Å². The molecule has 1 aliphatic carbocycles. The van der Waals surface area contributed by atoms with Gasteiger partial charge >= 0.3 is 0 Å². The molecule has 1 aliphatic rings. The number of guanidine groups is 1. The van der Waals surface area contributed by atoms with Crippen LogP contribution < -0.4 is 10.6 Å². The topological polar surface area (TPSA) is 56.7 Å². The highest BCUT2D eigenvalue weighted by molar-refractivity contribution is 7.99. The van der Waals surface area contributed by atoms with Crippen LogP contribution in [0.5, 0.6) is 0 Å². The van der Waals surface area contributed by atoms with Gasteiger partial charge in [0.1, 0.15) is 0 Å². The first-order valence-electron chi connectivity index (χ1n) is 9.48. The van der Waals surface area contributed by atoms with E-state index >= 15 is 0 Å². The maximum Gasteiger partial charge on any atom is 0.224 e. The quantitative estimate of drug-likeness (QED) is 0.541. The number of hydrogen-bond acceptors (Lipinski definition) is 3. The Morgan fingerprint density at radius 1 is 1.31 bits per heavy atom. The van der Waals surface area contributed by atoms with Gasteiger partial charge < -0.3 is 15.5 Å². The van der Waals surface area contributed by atoms with Crippen molar-refractivity contribution in [3.63, 3.8) is 0 Å². The van der Waals surface area contributed by atoms with E-state index < -0.39 is 0 Å². The summed E-state index contributed by atoms with van der Waals surface area (Å²) in [5.74, 6) is 0.953. The molecule has 0 aliphatic heterocycles. The van der Waals surface area contributed by atoms with Crippen molar-refractivity contribution in [1.29, 1.82) is 0 Å². The number of aliphatic imine (C=N–C) groups is 1. The minimum atomic E-state index is 0.122. The molecule has 0 saturated heterocycles. The number of hydrogen-bond donors (Lipinski definition) is 2. The lowest BCUT2D eigenvalue weighted by atomic mass is 10.2. The van der Waals surface area contributed by atoms with Crippen molar-refractivity contribution in [3.8, 4) is 0 Å². The van der Waals surface area contributed by atoms with Crippen molar-refractivity contribution < 1.29 is 4.79 Å². The third-order valence-electron chi connectivity index (χ3n) is 4.69. The van der Waals surface area contributed by atoms with Crippen LogP contribution in [0.3, 0.4) is 0 Å². The molecule has 1 amide bonds. The van der Waals surface area contributed by atoms with Crippen molar-refractivity contribution in [3.05, 3.63) is 35.9 Å². The molecule has 1 saturated carbocycles. The second-order valence-corrected chi connectivity index (χ2v) is 7.90. The van der Waals surface area contributed by atoms with Gasteiger partial charge in [0.25, 0.3) is 0 Å². The molecule has 1 fully saturated rings. The van der Waals surface area contributed by atoms with Crippen LogP contribution in [0.15, 0.2) is 35.3 Å². The maximum atomic E-state index is 12.3. The summed E-state index contributed by atoms with van der Waals surface area (Å²) < 4.78 is 0. The number of nitrogens with zero attached hydrogens (tertiary/aromatic N) is 2. The Labute approximate surface area is 162 Å². The van der Waals surface area contributed by atoms with Crippen LogP contribution in [0.25, 0.3) is 0 Å². The van der Waals surface area contributed by atoms with Crippen molar-refractivity contribution in [2.45, 2.75) is 50.4 Å². The molecule has 2 N–H and O–H groups in total. The number of thioether (sulfide) groups is 1. The molecule has 0 aromatic heterocycles. The van der Waals surface area contributed by atoms with Crippen LogP contribution in [0, 0.1) is 0 Å². The van der Waals surface area contributed by atoms with E-state index in [2.05, 4.69) is 28.8 Å². The zero-order chi connectivity index (χ0) is 18.8. The molecule has 2 atom stereocenters. The van der Waals surface area contributed by atoms with Gasteiger partial charge in [-0.3, -0.25) is 9.79 Å². The smallest absolute Gasteiger partial charge is 0.224 e. The molecule has 0 radical (unpaired) electrons. The summed E-state index contributed by atoms with van der Waals surface area (Å²) in [5.41, 5.74) is 1.14. The van der Waals surface area contributed by atoms with E-state index in [0.29, 0.717) is 25.6 Å². The molecule has 1 aromatic rings. The van der Waals surface area contributed by atoms with Crippen LogP contribution >= 0.6 is 11.8 Å². The summed E-state index contributed by atoms with van der Waals surface area (Å²) in [6, 6.07) is 10.5. The zero-order valence-electron chi connectivity index (χ0n) is 16.2. The molecular formula is C20H32N4OS. The molecule has 6 heteroatoms. The molecule has 0 bridgehead atoms. The lowest BCUT2D eigenvalue weighted by Gasteiger charge is -2.18. The average Bonchev–Trinajstić information content (AvgIpc) is 3.10. The third-order valence-corrected chi connectivity index (χ3v) is 5.78. The Morgan fingerprint density at radius 3 is 2.73 bits per heavy atom. The van der Waals surface area contributed by atoms with Crippen molar-refractivity contribution in [1.82, 2.24) is 15.5 Å². The highest BCUT2D eigenvalue weighted by atomic mass is 32.2. The maximum absolute atomic E-state index is 12.3. The highest BCUT2D eigenvalue weighted by Gasteiger charge is 2.24. The molecule has 5 nitrogen and oxygen atoms in total. The lowest BCUT2D eigenvalue weighted by molar-refractivity contribution is -0.130. The SMILES string of the molecule is CCNC(=NCCC(=O)N(C)Cc1ccccc1)NC1CCC(SC)C1. The number of benzene rings is 1. The Bertz CT molecular complexity index is 578. The molecule has 2 unspecified atom stereocenters. The minimum Gasteiger partial charge on any atom is -0.357 e. The van der Waals surface area contributed by atoms with Crippen LogP contribution in [0.4, 0.5) is 0 Å². The summed E-state index contributed by atoms with van der Waals surface area (Å²) in [5, 5.41) is 7.57. The van der Waals surface area contributed by atoms with E-state index in [1.54, 1.807) is 4.90 Å². The number of carbonyl (C=O) groups excluding carboxylic acids is 1. The number of carbonyl (C=O) groups is 1. The average molecular weight is 377 g/mol. The second-order valence-electron chi connectivity index (χ2n) is 6.76. The van der Waals surface area contributed by atoms with E-state index in [0.717, 1.165) is 23.3 Å². The summed E-state index contributed by atoms with van der Waals surface area (Å²) in [6.07, 6.45) is 6.25. The van der Waals surface area contributed by atoms with Crippen molar-refractivity contribution in [2.75, 3.05) is 26.4 Å². The van der Waals surface area contributed by atoms with Crippen LogP contribution in [-0.4, -0.2) is 54.5 Å². The molecule has 2 rings (SSSR count). The van der Waals surface area contributed by atoms with Gasteiger partial charge in [0, 0.05) is 37.8 Å². The predicted octanol–water partition coefficient (Wildman–Crippen LogP) is 2.87. The fourth-order valence-corrected chi connectivity index (χ4v) is 3.99. The molecule has 26 heavy (non-hydrogen) atoms. The zero-order valence-corrected chi connectivity index (χ0v) is 17.0. The van der Waals surface area contributed by atoms with Crippen molar-refractivity contribution >= 4 is 23.6 Å². The fraction of sp³-hybridized carbons (Fsp3) is 0.600. The molecular weight excluding hydrogens is 344 g/mol. The van der Waals surface area contributed by atoms with Gasteiger partial charge in [-0.05, 0) is 38.0 Å². The van der Waals surface area contributed by atoms with Gasteiger partial charge in [0.05, 0.1) is 6.54 Å². The highest BCUT2D eigenvalue weighted by Crippen LogP contribution is 2.27. The Hall–Kier alpha value is -1.69. The Balaban J connectivity index is 1.78. The normalized spacial score (nSPS) is 20.0. The van der Waals surface area contributed by atoms with E-state index in [1.165, 1.54) is 19.3 Å². The summed E-state index contributed by atoms with van der Waals surface area (Å²) in [4.78, 5) is 18.7. The third kappa shape index (κ3) is 6.90. The van der Waals surface area contributed by atoms with E-state index in [-0.39, 0.29) is 5.91 Å². The van der Waals surface area contributed by atoms with Crippen LogP contribution in [0.2, 0.25) is 0 Å². The Morgan fingerprint density at radius 2 is 2.08 bits per heavy atom. The molecule has 1 aromatic carbocycles. The second kappa shape index (κ2) is 11.1. The monoisotopic (exact) mass is 376 g/mol. The lowest BCUT2D eigenvalue weighted by Crippen LogP contribution is -2.42. The first-order valence-corrected chi connectivity index (χ1v) is 10.8. The first-order chi connectivity index (χ1) is 12.6. The number of amides is 1. The van der Waals surface area contributed by atoms with Gasteiger partial charge in [-0.1, -0.05) is 30.3 Å². The minimum absolute atomic E-state index is 0.122. The Kier molecular flexibility index (Phi) is 8.81. The van der Waals surface area contributed by atoms with Crippen LogP contribution in [-0.2, 0) is 11.3 Å². The van der Waals surface area contributed by atoms with Crippen LogP contribution in [0.1, 0.15) is 38.2 Å². The van der Waals surface area contributed by atoms with E-state index in [4.69, 9.17) is 0 Å². The first kappa shape index (κ1) is 20.6. The largest absolute Gasteiger partial charge is 0.357 e. The van der Waals surface area contributed by atoms with E-state index in [1.807, 2.05) is 49.1 Å². The van der Waals surface area contributed by atoms with Crippen molar-refractivity contribution in [2.24, 2.45) is 4.99 Å². The molecule has 144 valence electrons.